The van der Waals surface area contributed by atoms with Gasteiger partial charge in [-0.05, 0) is 19.5 Å². The minimum absolute atomic E-state index is 0. The number of halogens is 1. The number of carbonyl (C=O) groups is 1. The summed E-state index contributed by atoms with van der Waals surface area (Å²) in [5.41, 5.74) is 1.13. The summed E-state index contributed by atoms with van der Waals surface area (Å²) >= 11 is 0. The fourth-order valence-electron chi connectivity index (χ4n) is 1.38. The Hall–Kier alpha value is -1.06. The lowest BCUT2D eigenvalue weighted by atomic mass is 10.1. The van der Waals surface area contributed by atoms with Gasteiger partial charge in [-0.15, -0.1) is 12.4 Å². The van der Waals surface area contributed by atoms with E-state index in [0.717, 1.165) is 5.56 Å². The van der Waals surface area contributed by atoms with Crippen molar-refractivity contribution in [3.63, 3.8) is 0 Å². The summed E-state index contributed by atoms with van der Waals surface area (Å²) in [4.78, 5) is 11.4. The summed E-state index contributed by atoms with van der Waals surface area (Å²) in [6.07, 6.45) is 0.522. The summed E-state index contributed by atoms with van der Waals surface area (Å²) < 4.78 is 0. The highest BCUT2D eigenvalue weighted by Crippen LogP contribution is 2.10. The van der Waals surface area contributed by atoms with E-state index in [2.05, 4.69) is 10.6 Å². The van der Waals surface area contributed by atoms with E-state index in [9.17, 15) is 4.79 Å². The molecule has 16 heavy (non-hydrogen) atoms. The molecule has 4 heteroatoms. The molecule has 90 valence electrons. The lowest BCUT2D eigenvalue weighted by Gasteiger charge is -2.13. The number of nitrogens with one attached hydrogen (secondary N) is 2. The zero-order chi connectivity index (χ0) is 11.1. The Balaban J connectivity index is 0.00000225. The van der Waals surface area contributed by atoms with Crippen molar-refractivity contribution in [2.24, 2.45) is 0 Å². The van der Waals surface area contributed by atoms with Gasteiger partial charge in [-0.3, -0.25) is 4.79 Å². The average molecular weight is 243 g/mol. The van der Waals surface area contributed by atoms with Gasteiger partial charge >= 0.3 is 0 Å². The zero-order valence-electron chi connectivity index (χ0n) is 9.69. The first kappa shape index (κ1) is 14.9. The Labute approximate surface area is 103 Å². The van der Waals surface area contributed by atoms with Gasteiger partial charge in [-0.2, -0.15) is 0 Å². The van der Waals surface area contributed by atoms with Crippen molar-refractivity contribution in [3.8, 4) is 0 Å². The third-order valence-corrected chi connectivity index (χ3v) is 2.28. The lowest BCUT2D eigenvalue weighted by molar-refractivity contribution is -0.121. The smallest absolute Gasteiger partial charge is 0.221 e. The summed E-state index contributed by atoms with van der Waals surface area (Å²) in [6, 6.07) is 10.0. The van der Waals surface area contributed by atoms with Crippen LogP contribution in [0.15, 0.2) is 30.3 Å². The van der Waals surface area contributed by atoms with Gasteiger partial charge in [0.05, 0.1) is 6.04 Å². The topological polar surface area (TPSA) is 41.1 Å². The molecule has 1 amide bonds. The molecule has 0 aliphatic carbocycles. The third-order valence-electron chi connectivity index (χ3n) is 2.28. The van der Waals surface area contributed by atoms with Crippen LogP contribution in [0.25, 0.3) is 0 Å². The molecule has 0 heterocycles. The second-order valence-corrected chi connectivity index (χ2v) is 3.55. The first-order valence-corrected chi connectivity index (χ1v) is 5.23. The number of benzene rings is 1. The zero-order valence-corrected chi connectivity index (χ0v) is 10.5. The number of hydrogen-bond donors (Lipinski definition) is 2. The molecule has 2 N–H and O–H groups in total. The van der Waals surface area contributed by atoms with Gasteiger partial charge < -0.3 is 10.6 Å². The molecule has 1 aromatic carbocycles. The molecule has 0 radical (unpaired) electrons. The van der Waals surface area contributed by atoms with E-state index in [1.54, 1.807) is 0 Å². The predicted octanol–water partition coefficient (Wildman–Crippen LogP) is 1.90. The quantitative estimate of drug-likeness (QED) is 0.828. The van der Waals surface area contributed by atoms with Crippen molar-refractivity contribution < 1.29 is 4.79 Å². The van der Waals surface area contributed by atoms with Crippen molar-refractivity contribution in [1.29, 1.82) is 0 Å². The summed E-state index contributed by atoms with van der Waals surface area (Å²) in [7, 11) is 1.84. The van der Waals surface area contributed by atoms with Crippen molar-refractivity contribution in [1.82, 2.24) is 10.6 Å². The maximum atomic E-state index is 11.4. The van der Waals surface area contributed by atoms with Crippen LogP contribution >= 0.6 is 12.4 Å². The van der Waals surface area contributed by atoms with Gasteiger partial charge in [0.15, 0.2) is 0 Å². The van der Waals surface area contributed by atoms with E-state index >= 15 is 0 Å². The van der Waals surface area contributed by atoms with E-state index in [-0.39, 0.29) is 24.4 Å². The first-order chi connectivity index (χ1) is 7.24. The standard InChI is InChI=1S/C12H18N2O.ClH/c1-10(11-6-4-3-5-7-11)14-12(15)8-9-13-2;/h3-7,10,13H,8-9H2,1-2H3,(H,14,15);1H. The molecule has 1 rings (SSSR count). The predicted molar refractivity (Wildman–Crippen MR) is 68.8 cm³/mol. The SMILES string of the molecule is CNCCC(=O)NC(C)c1ccccc1.Cl. The molecular weight excluding hydrogens is 224 g/mol. The highest BCUT2D eigenvalue weighted by molar-refractivity contribution is 5.85. The normalized spacial score (nSPS) is 11.4. The number of rotatable bonds is 5. The van der Waals surface area contributed by atoms with Crippen LogP contribution in [-0.4, -0.2) is 19.5 Å². The Morgan fingerprint density at radius 3 is 2.50 bits per heavy atom. The van der Waals surface area contributed by atoms with E-state index in [4.69, 9.17) is 0 Å². The van der Waals surface area contributed by atoms with Crippen LogP contribution < -0.4 is 10.6 Å². The van der Waals surface area contributed by atoms with Gasteiger partial charge in [0.1, 0.15) is 0 Å². The monoisotopic (exact) mass is 242 g/mol. The molecule has 0 spiro atoms. The summed E-state index contributed by atoms with van der Waals surface area (Å²) in [5, 5.41) is 5.90. The fourth-order valence-corrected chi connectivity index (χ4v) is 1.38. The van der Waals surface area contributed by atoms with Crippen molar-refractivity contribution in [2.75, 3.05) is 13.6 Å². The molecule has 0 fully saturated rings. The van der Waals surface area contributed by atoms with E-state index in [0.29, 0.717) is 13.0 Å². The van der Waals surface area contributed by atoms with Crippen LogP contribution in [0.4, 0.5) is 0 Å². The Bertz CT molecular complexity index is 303. The maximum Gasteiger partial charge on any atom is 0.221 e. The van der Waals surface area contributed by atoms with Crippen LogP contribution in [0.2, 0.25) is 0 Å². The van der Waals surface area contributed by atoms with Gasteiger partial charge in [-0.1, -0.05) is 30.3 Å². The molecule has 0 aromatic heterocycles. The third kappa shape index (κ3) is 5.14. The molecule has 1 aromatic rings. The van der Waals surface area contributed by atoms with Crippen LogP contribution in [-0.2, 0) is 4.79 Å². The van der Waals surface area contributed by atoms with Crippen LogP contribution in [0.1, 0.15) is 24.9 Å². The van der Waals surface area contributed by atoms with E-state index in [1.807, 2.05) is 44.3 Å². The number of amides is 1. The molecule has 1 unspecified atom stereocenters. The Morgan fingerprint density at radius 2 is 1.94 bits per heavy atom. The van der Waals surface area contributed by atoms with Crippen molar-refractivity contribution in [2.45, 2.75) is 19.4 Å². The largest absolute Gasteiger partial charge is 0.350 e. The molecule has 1 atom stereocenters. The Kier molecular flexibility index (Phi) is 7.60. The van der Waals surface area contributed by atoms with Crippen LogP contribution in [0.5, 0.6) is 0 Å². The van der Waals surface area contributed by atoms with Gasteiger partial charge in [0.2, 0.25) is 5.91 Å². The van der Waals surface area contributed by atoms with E-state index in [1.165, 1.54) is 0 Å². The molecular formula is C12H19ClN2O. The Morgan fingerprint density at radius 1 is 1.31 bits per heavy atom. The second-order valence-electron chi connectivity index (χ2n) is 3.55. The molecule has 0 aliphatic heterocycles. The first-order valence-electron chi connectivity index (χ1n) is 5.23. The summed E-state index contributed by atoms with van der Waals surface area (Å²) in [5.74, 6) is 0.0840. The molecule has 0 aliphatic rings. The second kappa shape index (κ2) is 8.13. The molecule has 0 saturated heterocycles. The number of carbonyl (C=O) groups excluding carboxylic acids is 1. The van der Waals surface area contributed by atoms with Gasteiger partial charge in [0, 0.05) is 13.0 Å². The fraction of sp³-hybridized carbons (Fsp3) is 0.417. The lowest BCUT2D eigenvalue weighted by Crippen LogP contribution is -2.28. The minimum Gasteiger partial charge on any atom is -0.350 e. The highest BCUT2D eigenvalue weighted by atomic mass is 35.5. The van der Waals surface area contributed by atoms with E-state index < -0.39 is 0 Å². The van der Waals surface area contributed by atoms with Crippen LogP contribution in [0, 0.1) is 0 Å². The van der Waals surface area contributed by atoms with Gasteiger partial charge in [0.25, 0.3) is 0 Å². The molecule has 3 nitrogen and oxygen atoms in total. The average Bonchev–Trinajstić information content (AvgIpc) is 2.27. The number of hydrogen-bond acceptors (Lipinski definition) is 2. The van der Waals surface area contributed by atoms with Gasteiger partial charge in [-0.25, -0.2) is 0 Å². The molecule has 0 saturated carbocycles. The summed E-state index contributed by atoms with van der Waals surface area (Å²) in [6.45, 7) is 2.71. The van der Waals surface area contributed by atoms with Crippen molar-refractivity contribution in [3.05, 3.63) is 35.9 Å². The highest BCUT2D eigenvalue weighted by Gasteiger charge is 2.07. The van der Waals surface area contributed by atoms with Crippen LogP contribution in [0.3, 0.4) is 0 Å². The minimum atomic E-state index is 0. The molecule has 0 bridgehead atoms. The maximum absolute atomic E-state index is 11.4. The van der Waals surface area contributed by atoms with Crippen molar-refractivity contribution >= 4 is 18.3 Å².